The van der Waals surface area contributed by atoms with Gasteiger partial charge in [-0.3, -0.25) is 25.7 Å². The molecule has 0 spiro atoms. The number of anilines is 1. The van der Waals surface area contributed by atoms with Crippen LogP contribution in [0.5, 0.6) is 0 Å². The fraction of sp³-hybridized carbons (Fsp3) is 0. The maximum Gasteiger partial charge on any atom is 0.269 e. The largest absolute Gasteiger partial charge is 0.276 e. The van der Waals surface area contributed by atoms with Gasteiger partial charge in [0, 0.05) is 29.8 Å². The van der Waals surface area contributed by atoms with Gasteiger partial charge in [0.05, 0.1) is 21.2 Å². The van der Waals surface area contributed by atoms with E-state index < -0.39 is 9.85 Å². The number of azo groups is 1. The molecule has 1 N–H and O–H groups in total. The molecule has 0 bridgehead atoms. The molecule has 10 nitrogen and oxygen atoms in total. The molecular weight excluding hydrogens is 376 g/mol. The molecule has 0 aliphatic carbocycles. The van der Waals surface area contributed by atoms with Gasteiger partial charge in [-0.25, -0.2) is 0 Å². The minimum Gasteiger partial charge on any atom is -0.276 e. The Morgan fingerprint density at radius 2 is 1.31 bits per heavy atom. The molecule has 0 radical (unpaired) electrons. The molecule has 144 valence electrons. The molecule has 0 unspecified atom stereocenters. The van der Waals surface area contributed by atoms with Crippen molar-refractivity contribution in [1.82, 2.24) is 0 Å². The minimum atomic E-state index is -0.494. The molecule has 29 heavy (non-hydrogen) atoms. The van der Waals surface area contributed by atoms with Crippen molar-refractivity contribution < 1.29 is 9.85 Å². The van der Waals surface area contributed by atoms with Crippen molar-refractivity contribution in [1.29, 1.82) is 0 Å². The van der Waals surface area contributed by atoms with Gasteiger partial charge >= 0.3 is 0 Å². The molecular formula is C19H14N6O4. The standard InChI is InChI=1S/C19H14N6O4/c26-24(27)17-10-6-15(7-11-17)20-22-19(14-4-2-1-3-5-14)23-21-16-8-12-18(13-9-16)25(28)29/h1-13,20H/b22-19-,23-21?. The zero-order valence-electron chi connectivity index (χ0n) is 14.9. The average Bonchev–Trinajstić information content (AvgIpc) is 2.75. The summed E-state index contributed by atoms with van der Waals surface area (Å²) in [5, 5.41) is 33.9. The van der Waals surface area contributed by atoms with Crippen molar-refractivity contribution in [3.63, 3.8) is 0 Å². The minimum absolute atomic E-state index is 0.0272. The van der Waals surface area contributed by atoms with E-state index in [0.29, 0.717) is 16.9 Å². The van der Waals surface area contributed by atoms with E-state index in [4.69, 9.17) is 0 Å². The van der Waals surface area contributed by atoms with E-state index in [1.165, 1.54) is 48.5 Å². The van der Waals surface area contributed by atoms with Crippen molar-refractivity contribution in [2.45, 2.75) is 0 Å². The van der Waals surface area contributed by atoms with Crippen LogP contribution in [-0.4, -0.2) is 15.7 Å². The lowest BCUT2D eigenvalue weighted by molar-refractivity contribution is -0.385. The van der Waals surface area contributed by atoms with Crippen LogP contribution in [-0.2, 0) is 0 Å². The van der Waals surface area contributed by atoms with Gasteiger partial charge in [0.2, 0.25) is 5.84 Å². The quantitative estimate of drug-likeness (QED) is 0.206. The summed E-state index contributed by atoms with van der Waals surface area (Å²) in [6, 6.07) is 20.5. The highest BCUT2D eigenvalue weighted by molar-refractivity contribution is 5.99. The lowest BCUT2D eigenvalue weighted by atomic mass is 10.2. The van der Waals surface area contributed by atoms with Gasteiger partial charge in [-0.05, 0) is 24.3 Å². The predicted molar refractivity (Wildman–Crippen MR) is 107 cm³/mol. The second kappa shape index (κ2) is 8.95. The molecule has 0 amide bonds. The Bertz CT molecular complexity index is 1060. The van der Waals surface area contributed by atoms with E-state index >= 15 is 0 Å². The fourth-order valence-corrected chi connectivity index (χ4v) is 2.25. The fourth-order valence-electron chi connectivity index (χ4n) is 2.25. The molecule has 0 aliphatic rings. The van der Waals surface area contributed by atoms with E-state index in [1.54, 1.807) is 12.1 Å². The van der Waals surface area contributed by atoms with Crippen LogP contribution in [0.15, 0.2) is 94.2 Å². The Kier molecular flexibility index (Phi) is 5.96. The van der Waals surface area contributed by atoms with Crippen LogP contribution in [0.4, 0.5) is 22.7 Å². The summed E-state index contributed by atoms with van der Waals surface area (Å²) in [4.78, 5) is 20.5. The Morgan fingerprint density at radius 3 is 1.86 bits per heavy atom. The van der Waals surface area contributed by atoms with Gasteiger partial charge in [0.1, 0.15) is 0 Å². The van der Waals surface area contributed by atoms with Gasteiger partial charge in [0.15, 0.2) is 0 Å². The first kappa shape index (κ1) is 19.3. The van der Waals surface area contributed by atoms with Crippen LogP contribution in [0.1, 0.15) is 5.56 Å². The van der Waals surface area contributed by atoms with Crippen LogP contribution >= 0.6 is 0 Å². The number of nitro benzene ring substituents is 2. The van der Waals surface area contributed by atoms with E-state index in [9.17, 15) is 20.2 Å². The Balaban J connectivity index is 1.83. The zero-order valence-corrected chi connectivity index (χ0v) is 14.9. The highest BCUT2D eigenvalue weighted by Crippen LogP contribution is 2.19. The van der Waals surface area contributed by atoms with Crippen molar-refractivity contribution >= 4 is 28.6 Å². The highest BCUT2D eigenvalue weighted by atomic mass is 16.6. The summed E-state index contributed by atoms with van der Waals surface area (Å²) in [7, 11) is 0. The van der Waals surface area contributed by atoms with Gasteiger partial charge in [-0.1, -0.05) is 30.3 Å². The Hall–Kier alpha value is -4.47. The number of nitrogens with zero attached hydrogens (tertiary/aromatic N) is 5. The predicted octanol–water partition coefficient (Wildman–Crippen LogP) is 5.06. The molecule has 0 atom stereocenters. The van der Waals surface area contributed by atoms with Crippen molar-refractivity contribution in [2.75, 3.05) is 5.43 Å². The second-order valence-electron chi connectivity index (χ2n) is 5.69. The second-order valence-corrected chi connectivity index (χ2v) is 5.69. The van der Waals surface area contributed by atoms with Crippen molar-refractivity contribution in [2.24, 2.45) is 15.3 Å². The number of amidine groups is 1. The molecule has 3 aromatic carbocycles. The Morgan fingerprint density at radius 1 is 0.759 bits per heavy atom. The molecule has 0 heterocycles. The number of nitrogens with one attached hydrogen (secondary N) is 1. The van der Waals surface area contributed by atoms with Gasteiger partial charge in [-0.15, -0.1) is 10.2 Å². The smallest absolute Gasteiger partial charge is 0.269 e. The number of benzene rings is 3. The summed E-state index contributed by atoms with van der Waals surface area (Å²) in [6.45, 7) is 0. The van der Waals surface area contributed by atoms with E-state index in [-0.39, 0.29) is 17.2 Å². The third kappa shape index (κ3) is 5.26. The number of hydrogen-bond acceptors (Lipinski definition) is 7. The number of non-ortho nitro benzene ring substituents is 2. The van der Waals surface area contributed by atoms with Crippen LogP contribution in [0.25, 0.3) is 0 Å². The third-order valence-electron chi connectivity index (χ3n) is 3.72. The van der Waals surface area contributed by atoms with E-state index in [2.05, 4.69) is 20.8 Å². The average molecular weight is 390 g/mol. The lowest BCUT2D eigenvalue weighted by Crippen LogP contribution is -2.01. The van der Waals surface area contributed by atoms with Gasteiger partial charge in [0.25, 0.3) is 11.4 Å². The SMILES string of the molecule is O=[N+]([O-])c1ccc(N=N/C(=N\Nc2ccc([N+](=O)[O-])cc2)c2ccccc2)cc1. The molecule has 10 heteroatoms. The topological polar surface area (TPSA) is 135 Å². The molecule has 0 saturated carbocycles. The molecule has 3 aromatic rings. The summed E-state index contributed by atoms with van der Waals surface area (Å²) in [5.41, 5.74) is 4.37. The summed E-state index contributed by atoms with van der Waals surface area (Å²) in [5.74, 6) is 0.266. The maximum absolute atomic E-state index is 10.7. The highest BCUT2D eigenvalue weighted by Gasteiger charge is 2.06. The normalized spacial score (nSPS) is 11.4. The Labute approximate surface area is 164 Å². The first-order valence-electron chi connectivity index (χ1n) is 8.33. The monoisotopic (exact) mass is 390 g/mol. The molecule has 0 saturated heterocycles. The summed E-state index contributed by atoms with van der Waals surface area (Å²) < 4.78 is 0. The summed E-state index contributed by atoms with van der Waals surface area (Å²) in [6.07, 6.45) is 0. The lowest BCUT2D eigenvalue weighted by Gasteiger charge is -2.03. The van der Waals surface area contributed by atoms with E-state index in [1.807, 2.05) is 18.2 Å². The number of rotatable bonds is 6. The first-order valence-corrected chi connectivity index (χ1v) is 8.33. The van der Waals surface area contributed by atoms with Crippen LogP contribution < -0.4 is 5.43 Å². The third-order valence-corrected chi connectivity index (χ3v) is 3.72. The zero-order chi connectivity index (χ0) is 20.6. The van der Waals surface area contributed by atoms with Crippen LogP contribution in [0, 0.1) is 20.2 Å². The van der Waals surface area contributed by atoms with Crippen LogP contribution in [0.3, 0.4) is 0 Å². The number of hydrogen-bond donors (Lipinski definition) is 1. The number of hydrazone groups is 1. The van der Waals surface area contributed by atoms with Gasteiger partial charge in [-0.2, -0.15) is 5.10 Å². The van der Waals surface area contributed by atoms with E-state index in [0.717, 1.165) is 0 Å². The maximum atomic E-state index is 10.7. The van der Waals surface area contributed by atoms with Crippen LogP contribution in [0.2, 0.25) is 0 Å². The molecule has 0 aliphatic heterocycles. The molecule has 0 aromatic heterocycles. The number of nitro groups is 2. The van der Waals surface area contributed by atoms with Crippen molar-refractivity contribution in [3.05, 3.63) is 105 Å². The molecule has 3 rings (SSSR count). The van der Waals surface area contributed by atoms with Crippen molar-refractivity contribution in [3.8, 4) is 0 Å². The van der Waals surface area contributed by atoms with Gasteiger partial charge < -0.3 is 0 Å². The molecule has 0 fully saturated rings. The summed E-state index contributed by atoms with van der Waals surface area (Å²) >= 11 is 0. The first-order chi connectivity index (χ1) is 14.0.